The molecule has 0 aromatic heterocycles. The Morgan fingerprint density at radius 3 is 2.85 bits per heavy atom. The minimum atomic E-state index is -0.00866. The predicted molar refractivity (Wildman–Crippen MR) is 49.8 cm³/mol. The van der Waals surface area contributed by atoms with Gasteiger partial charge >= 0.3 is 0 Å². The van der Waals surface area contributed by atoms with Crippen molar-refractivity contribution in [3.05, 3.63) is 0 Å². The summed E-state index contributed by atoms with van der Waals surface area (Å²) in [6.07, 6.45) is 1.12. The fourth-order valence-electron chi connectivity index (χ4n) is 1.74. The van der Waals surface area contributed by atoms with Crippen molar-refractivity contribution < 1.29 is 4.79 Å². The molecule has 1 atom stereocenters. The van der Waals surface area contributed by atoms with E-state index < -0.39 is 0 Å². The highest BCUT2D eigenvalue weighted by Crippen LogP contribution is 2.23. The van der Waals surface area contributed by atoms with E-state index in [2.05, 4.69) is 13.8 Å². The lowest BCUT2D eigenvalue weighted by Crippen LogP contribution is -2.28. The standard InChI is InChI=1S/C10H16N2O/c1-8(2)9-4-6-12(7-9)10(13)3-5-11/h8-9H,3-4,6-7H2,1-2H3/t9-/m0/s1. The lowest BCUT2D eigenvalue weighted by molar-refractivity contribution is -0.129. The van der Waals surface area contributed by atoms with Crippen LogP contribution in [-0.4, -0.2) is 23.9 Å². The number of rotatable bonds is 2. The topological polar surface area (TPSA) is 44.1 Å². The van der Waals surface area contributed by atoms with Crippen LogP contribution in [0.25, 0.3) is 0 Å². The average molecular weight is 180 g/mol. The van der Waals surface area contributed by atoms with Gasteiger partial charge < -0.3 is 4.90 Å². The molecule has 1 rings (SSSR count). The smallest absolute Gasteiger partial charge is 0.236 e. The van der Waals surface area contributed by atoms with Gasteiger partial charge in [-0.05, 0) is 18.3 Å². The molecule has 0 aliphatic carbocycles. The highest BCUT2D eigenvalue weighted by Gasteiger charge is 2.27. The SMILES string of the molecule is CC(C)[C@H]1CCN(C(=O)CC#N)C1. The van der Waals surface area contributed by atoms with Gasteiger partial charge in [0.05, 0.1) is 6.07 Å². The van der Waals surface area contributed by atoms with E-state index in [1.807, 2.05) is 11.0 Å². The van der Waals surface area contributed by atoms with Crippen LogP contribution in [0, 0.1) is 23.2 Å². The van der Waals surface area contributed by atoms with Crippen molar-refractivity contribution in [3.8, 4) is 6.07 Å². The molecule has 1 aliphatic heterocycles. The zero-order valence-corrected chi connectivity index (χ0v) is 8.29. The van der Waals surface area contributed by atoms with Crippen LogP contribution in [0.15, 0.2) is 0 Å². The van der Waals surface area contributed by atoms with Crippen molar-refractivity contribution in [3.63, 3.8) is 0 Å². The van der Waals surface area contributed by atoms with Crippen LogP contribution in [0.3, 0.4) is 0 Å². The minimum absolute atomic E-state index is 0.00866. The first kappa shape index (κ1) is 10.0. The van der Waals surface area contributed by atoms with Gasteiger partial charge in [0.2, 0.25) is 5.91 Å². The normalized spacial score (nSPS) is 22.0. The molecule has 0 radical (unpaired) electrons. The van der Waals surface area contributed by atoms with Gasteiger partial charge in [-0.1, -0.05) is 13.8 Å². The van der Waals surface area contributed by atoms with Crippen LogP contribution in [0.4, 0.5) is 0 Å². The van der Waals surface area contributed by atoms with E-state index in [9.17, 15) is 4.79 Å². The van der Waals surface area contributed by atoms with Crippen molar-refractivity contribution in [2.75, 3.05) is 13.1 Å². The van der Waals surface area contributed by atoms with E-state index in [0.717, 1.165) is 19.5 Å². The molecule has 1 fully saturated rings. The van der Waals surface area contributed by atoms with Crippen molar-refractivity contribution >= 4 is 5.91 Å². The fourth-order valence-corrected chi connectivity index (χ4v) is 1.74. The molecule has 0 bridgehead atoms. The molecule has 3 nitrogen and oxygen atoms in total. The number of carbonyl (C=O) groups is 1. The lowest BCUT2D eigenvalue weighted by Gasteiger charge is -2.16. The van der Waals surface area contributed by atoms with Gasteiger partial charge in [-0.2, -0.15) is 5.26 Å². The van der Waals surface area contributed by atoms with Gasteiger partial charge in [0.1, 0.15) is 6.42 Å². The third-order valence-electron chi connectivity index (χ3n) is 2.75. The maximum absolute atomic E-state index is 11.3. The first-order chi connectivity index (χ1) is 6.15. The predicted octanol–water partition coefficient (Wildman–Crippen LogP) is 1.40. The molecule has 0 aromatic carbocycles. The molecular formula is C10H16N2O. The summed E-state index contributed by atoms with van der Waals surface area (Å²) < 4.78 is 0. The molecule has 0 N–H and O–H groups in total. The maximum atomic E-state index is 11.3. The van der Waals surface area contributed by atoms with E-state index in [1.54, 1.807) is 0 Å². The monoisotopic (exact) mass is 180 g/mol. The maximum Gasteiger partial charge on any atom is 0.236 e. The zero-order valence-electron chi connectivity index (χ0n) is 8.29. The van der Waals surface area contributed by atoms with E-state index >= 15 is 0 Å². The lowest BCUT2D eigenvalue weighted by atomic mass is 9.95. The number of nitrogens with zero attached hydrogens (tertiary/aromatic N) is 2. The van der Waals surface area contributed by atoms with E-state index in [0.29, 0.717) is 11.8 Å². The molecular weight excluding hydrogens is 164 g/mol. The summed E-state index contributed by atoms with van der Waals surface area (Å²) in [5.41, 5.74) is 0. The van der Waals surface area contributed by atoms with Gasteiger partial charge in [-0.15, -0.1) is 0 Å². The molecule has 0 saturated carbocycles. The molecule has 1 heterocycles. The van der Waals surface area contributed by atoms with E-state index in [-0.39, 0.29) is 12.3 Å². The molecule has 13 heavy (non-hydrogen) atoms. The first-order valence-electron chi connectivity index (χ1n) is 4.80. The van der Waals surface area contributed by atoms with Crippen molar-refractivity contribution in [2.24, 2.45) is 11.8 Å². The van der Waals surface area contributed by atoms with Gasteiger partial charge in [-0.3, -0.25) is 4.79 Å². The average Bonchev–Trinajstić information content (AvgIpc) is 2.52. The quantitative estimate of drug-likeness (QED) is 0.644. The van der Waals surface area contributed by atoms with Gasteiger partial charge in [0, 0.05) is 13.1 Å². The van der Waals surface area contributed by atoms with Gasteiger partial charge in [-0.25, -0.2) is 0 Å². The summed E-state index contributed by atoms with van der Waals surface area (Å²) in [5.74, 6) is 1.26. The summed E-state index contributed by atoms with van der Waals surface area (Å²) in [7, 11) is 0. The molecule has 0 spiro atoms. The summed E-state index contributed by atoms with van der Waals surface area (Å²) in [6, 6.07) is 1.90. The second kappa shape index (κ2) is 4.27. The highest BCUT2D eigenvalue weighted by molar-refractivity contribution is 5.78. The Bertz CT molecular complexity index is 230. The number of carbonyl (C=O) groups excluding carboxylic acids is 1. The van der Waals surface area contributed by atoms with Crippen molar-refractivity contribution in [1.82, 2.24) is 4.90 Å². The third-order valence-corrected chi connectivity index (χ3v) is 2.75. The third kappa shape index (κ3) is 2.45. The van der Waals surface area contributed by atoms with Crippen LogP contribution in [0.2, 0.25) is 0 Å². The summed E-state index contributed by atoms with van der Waals surface area (Å²) in [5, 5.41) is 8.37. The number of hydrogen-bond acceptors (Lipinski definition) is 2. The Balaban J connectivity index is 2.41. The summed E-state index contributed by atoms with van der Waals surface area (Å²) in [4.78, 5) is 13.1. The second-order valence-electron chi connectivity index (χ2n) is 3.97. The number of hydrogen-bond donors (Lipinski definition) is 0. The summed E-state index contributed by atoms with van der Waals surface area (Å²) >= 11 is 0. The first-order valence-corrected chi connectivity index (χ1v) is 4.80. The summed E-state index contributed by atoms with van der Waals surface area (Å²) in [6.45, 7) is 6.05. The van der Waals surface area contributed by atoms with Crippen LogP contribution < -0.4 is 0 Å². The Morgan fingerprint density at radius 1 is 1.69 bits per heavy atom. The van der Waals surface area contributed by atoms with Crippen LogP contribution in [0.5, 0.6) is 0 Å². The number of nitriles is 1. The van der Waals surface area contributed by atoms with Crippen molar-refractivity contribution in [2.45, 2.75) is 26.7 Å². The second-order valence-corrected chi connectivity index (χ2v) is 3.97. The Hall–Kier alpha value is -1.04. The molecule has 0 aromatic rings. The number of amides is 1. The van der Waals surface area contributed by atoms with Crippen LogP contribution in [0.1, 0.15) is 26.7 Å². The number of likely N-dealkylation sites (tertiary alicyclic amines) is 1. The molecule has 1 saturated heterocycles. The minimum Gasteiger partial charge on any atom is -0.342 e. The van der Waals surface area contributed by atoms with E-state index in [4.69, 9.17) is 5.26 Å². The molecule has 3 heteroatoms. The zero-order chi connectivity index (χ0) is 9.84. The largest absolute Gasteiger partial charge is 0.342 e. The van der Waals surface area contributed by atoms with E-state index in [1.165, 1.54) is 0 Å². The van der Waals surface area contributed by atoms with Gasteiger partial charge in [0.15, 0.2) is 0 Å². The Labute approximate surface area is 79.3 Å². The molecule has 72 valence electrons. The van der Waals surface area contributed by atoms with Gasteiger partial charge in [0.25, 0.3) is 0 Å². The Morgan fingerprint density at radius 2 is 2.38 bits per heavy atom. The molecule has 1 amide bonds. The molecule has 0 unspecified atom stereocenters. The molecule has 1 aliphatic rings. The Kier molecular flexibility index (Phi) is 3.30. The highest BCUT2D eigenvalue weighted by atomic mass is 16.2. The van der Waals surface area contributed by atoms with Crippen molar-refractivity contribution in [1.29, 1.82) is 5.26 Å². The van der Waals surface area contributed by atoms with Crippen LogP contribution in [-0.2, 0) is 4.79 Å². The fraction of sp³-hybridized carbons (Fsp3) is 0.800. The van der Waals surface area contributed by atoms with Crippen LogP contribution >= 0.6 is 0 Å².